The number of anilines is 1. The zero-order chi connectivity index (χ0) is 26.9. The van der Waals surface area contributed by atoms with Crippen LogP contribution in [0, 0.1) is 6.92 Å². The average molecular weight is 536 g/mol. The molecule has 1 N–H and O–H groups in total. The molecule has 0 spiro atoms. The molecule has 1 aromatic carbocycles. The minimum atomic E-state index is -4.44. The van der Waals surface area contributed by atoms with Gasteiger partial charge < -0.3 is 29.3 Å². The third-order valence-corrected chi connectivity index (χ3v) is 7.52. The van der Waals surface area contributed by atoms with E-state index in [9.17, 15) is 18.0 Å². The van der Waals surface area contributed by atoms with Gasteiger partial charge in [0.1, 0.15) is 23.6 Å². The van der Waals surface area contributed by atoms with E-state index in [1.807, 2.05) is 0 Å². The molecule has 0 aliphatic carbocycles. The molecular weight excluding hydrogens is 503 g/mol. The maximum absolute atomic E-state index is 13.4. The maximum atomic E-state index is 13.4. The Morgan fingerprint density at radius 1 is 1.18 bits per heavy atom. The summed E-state index contributed by atoms with van der Waals surface area (Å²) in [6.07, 6.45) is -0.578. The van der Waals surface area contributed by atoms with Gasteiger partial charge in [-0.15, -0.1) is 0 Å². The monoisotopic (exact) mass is 535 g/mol. The van der Waals surface area contributed by atoms with Crippen molar-refractivity contribution in [2.75, 3.05) is 45.0 Å². The van der Waals surface area contributed by atoms with E-state index < -0.39 is 11.7 Å². The van der Waals surface area contributed by atoms with Crippen molar-refractivity contribution in [3.63, 3.8) is 0 Å². The second kappa shape index (κ2) is 11.0. The van der Waals surface area contributed by atoms with Gasteiger partial charge in [0.05, 0.1) is 24.8 Å². The molecule has 206 valence electrons. The van der Waals surface area contributed by atoms with Gasteiger partial charge in [-0.25, -0.2) is 9.97 Å². The molecule has 2 atom stereocenters. The van der Waals surface area contributed by atoms with Gasteiger partial charge in [0, 0.05) is 50.0 Å². The third kappa shape index (κ3) is 5.57. The number of halogens is 3. The summed E-state index contributed by atoms with van der Waals surface area (Å²) in [6, 6.07) is 3.97. The Morgan fingerprint density at radius 3 is 2.71 bits per heavy atom. The summed E-state index contributed by atoms with van der Waals surface area (Å²) in [5, 5.41) is 3.68. The molecule has 0 saturated carbocycles. The molecule has 1 amide bonds. The number of rotatable bonds is 5. The summed E-state index contributed by atoms with van der Waals surface area (Å²) in [4.78, 5) is 25.5. The Labute approximate surface area is 219 Å². The number of nitrogens with one attached hydrogen (secondary N) is 1. The molecule has 12 heteroatoms. The number of fused-ring (bicyclic) bond motifs is 1. The molecule has 2 aromatic rings. The number of ether oxygens (including phenoxy) is 3. The Kier molecular flexibility index (Phi) is 7.73. The fraction of sp³-hybridized carbons (Fsp3) is 0.577. The van der Waals surface area contributed by atoms with Crippen molar-refractivity contribution in [1.82, 2.24) is 20.2 Å². The number of amides is 1. The van der Waals surface area contributed by atoms with Gasteiger partial charge in [-0.1, -0.05) is 0 Å². The molecule has 1 unspecified atom stereocenters. The molecule has 0 bridgehead atoms. The van der Waals surface area contributed by atoms with Crippen LogP contribution in [0.2, 0.25) is 0 Å². The SMILES string of the molecule is COC1COCC[C@@H]1NC1CCN(C(=O)c2ncnc(N3COc4ccc(C(F)(F)F)cc4C3)c2C)CC1. The van der Waals surface area contributed by atoms with E-state index in [2.05, 4.69) is 15.3 Å². The van der Waals surface area contributed by atoms with Crippen LogP contribution in [0.4, 0.5) is 19.0 Å². The predicted molar refractivity (Wildman–Crippen MR) is 132 cm³/mol. The normalized spacial score (nSPS) is 22.7. The number of hydrogen-bond acceptors (Lipinski definition) is 8. The van der Waals surface area contributed by atoms with Crippen molar-refractivity contribution in [2.24, 2.45) is 0 Å². The summed E-state index contributed by atoms with van der Waals surface area (Å²) in [5.41, 5.74) is 0.540. The zero-order valence-corrected chi connectivity index (χ0v) is 21.5. The lowest BCUT2D eigenvalue weighted by atomic mass is 9.99. The van der Waals surface area contributed by atoms with Crippen LogP contribution in [-0.2, 0) is 22.2 Å². The molecule has 2 saturated heterocycles. The van der Waals surface area contributed by atoms with Crippen LogP contribution in [-0.4, -0.2) is 79.1 Å². The molecule has 38 heavy (non-hydrogen) atoms. The highest BCUT2D eigenvalue weighted by Crippen LogP contribution is 2.35. The quantitative estimate of drug-likeness (QED) is 0.625. The Bertz CT molecular complexity index is 1160. The van der Waals surface area contributed by atoms with Gasteiger partial charge in [-0.3, -0.25) is 4.79 Å². The van der Waals surface area contributed by atoms with Gasteiger partial charge >= 0.3 is 6.18 Å². The lowest BCUT2D eigenvalue weighted by molar-refractivity contribution is -0.137. The summed E-state index contributed by atoms with van der Waals surface area (Å²) >= 11 is 0. The first-order chi connectivity index (χ1) is 18.2. The minimum Gasteiger partial charge on any atom is -0.473 e. The van der Waals surface area contributed by atoms with Crippen LogP contribution in [0.25, 0.3) is 0 Å². The van der Waals surface area contributed by atoms with Crippen molar-refractivity contribution in [3.05, 3.63) is 46.9 Å². The standard InChI is InChI=1S/C26H32F3N5O4/c1-16-23(25(35)33-8-5-19(6-9-33)32-20-7-10-37-13-22(20)36-2)30-14-31-24(16)34-12-17-11-18(26(27,28)29)3-4-21(17)38-15-34/h3-4,11,14,19-20,22,32H,5-10,12-13,15H2,1-2H3/t20-,22?/m0/s1. The third-order valence-electron chi connectivity index (χ3n) is 7.52. The molecule has 5 rings (SSSR count). The van der Waals surface area contributed by atoms with E-state index in [0.29, 0.717) is 54.7 Å². The summed E-state index contributed by atoms with van der Waals surface area (Å²) in [6.45, 7) is 4.52. The van der Waals surface area contributed by atoms with Gasteiger partial charge in [0.25, 0.3) is 5.91 Å². The van der Waals surface area contributed by atoms with Gasteiger partial charge in [-0.2, -0.15) is 13.2 Å². The Hall–Kier alpha value is -2.96. The smallest absolute Gasteiger partial charge is 0.416 e. The van der Waals surface area contributed by atoms with E-state index in [-0.39, 0.29) is 37.4 Å². The van der Waals surface area contributed by atoms with Crippen LogP contribution in [0.1, 0.15) is 46.4 Å². The number of carbonyl (C=O) groups is 1. The van der Waals surface area contributed by atoms with Crippen molar-refractivity contribution in [1.29, 1.82) is 0 Å². The summed E-state index contributed by atoms with van der Waals surface area (Å²) < 4.78 is 56.4. The van der Waals surface area contributed by atoms with E-state index >= 15 is 0 Å². The number of alkyl halides is 3. The van der Waals surface area contributed by atoms with Crippen LogP contribution < -0.4 is 15.0 Å². The van der Waals surface area contributed by atoms with Crippen molar-refractivity contribution in [3.8, 4) is 5.75 Å². The Morgan fingerprint density at radius 2 is 1.97 bits per heavy atom. The predicted octanol–water partition coefficient (Wildman–Crippen LogP) is 3.16. The number of aromatic nitrogens is 2. The number of methoxy groups -OCH3 is 1. The average Bonchev–Trinajstić information content (AvgIpc) is 2.92. The fourth-order valence-corrected chi connectivity index (χ4v) is 5.37. The minimum absolute atomic E-state index is 0.0243. The second-order valence-corrected chi connectivity index (χ2v) is 9.94. The number of nitrogens with zero attached hydrogens (tertiary/aromatic N) is 4. The van der Waals surface area contributed by atoms with Crippen LogP contribution >= 0.6 is 0 Å². The first-order valence-corrected chi connectivity index (χ1v) is 12.8. The van der Waals surface area contributed by atoms with Crippen molar-refractivity contribution >= 4 is 11.7 Å². The molecule has 3 aliphatic heterocycles. The number of likely N-dealkylation sites (tertiary alicyclic amines) is 1. The molecule has 4 heterocycles. The first-order valence-electron chi connectivity index (χ1n) is 12.8. The molecule has 3 aliphatic rings. The first kappa shape index (κ1) is 26.6. The van der Waals surface area contributed by atoms with E-state index in [1.54, 1.807) is 23.8 Å². The van der Waals surface area contributed by atoms with Crippen LogP contribution in [0.15, 0.2) is 24.5 Å². The lowest BCUT2D eigenvalue weighted by Crippen LogP contribution is -2.54. The highest BCUT2D eigenvalue weighted by molar-refractivity contribution is 5.94. The molecule has 0 radical (unpaired) electrons. The van der Waals surface area contributed by atoms with Crippen LogP contribution in [0.3, 0.4) is 0 Å². The van der Waals surface area contributed by atoms with E-state index in [1.165, 1.54) is 12.4 Å². The summed E-state index contributed by atoms with van der Waals surface area (Å²) in [7, 11) is 1.70. The Balaban J connectivity index is 1.24. The largest absolute Gasteiger partial charge is 0.473 e. The zero-order valence-electron chi connectivity index (χ0n) is 21.5. The van der Waals surface area contributed by atoms with Crippen LogP contribution in [0.5, 0.6) is 5.75 Å². The van der Waals surface area contributed by atoms with Crippen molar-refractivity contribution < 1.29 is 32.2 Å². The highest BCUT2D eigenvalue weighted by atomic mass is 19.4. The van der Waals surface area contributed by atoms with Gasteiger partial charge in [0.2, 0.25) is 0 Å². The van der Waals surface area contributed by atoms with Gasteiger partial charge in [0.15, 0.2) is 6.73 Å². The summed E-state index contributed by atoms with van der Waals surface area (Å²) in [5.74, 6) is 0.697. The number of hydrogen-bond donors (Lipinski definition) is 1. The van der Waals surface area contributed by atoms with E-state index in [0.717, 1.165) is 31.4 Å². The number of piperidine rings is 1. The molecular formula is C26H32F3N5O4. The van der Waals surface area contributed by atoms with Crippen molar-refractivity contribution in [2.45, 2.75) is 57.1 Å². The highest BCUT2D eigenvalue weighted by Gasteiger charge is 2.34. The van der Waals surface area contributed by atoms with E-state index in [4.69, 9.17) is 14.2 Å². The van der Waals surface area contributed by atoms with Gasteiger partial charge in [-0.05, 0) is 44.4 Å². The fourth-order valence-electron chi connectivity index (χ4n) is 5.37. The lowest BCUT2D eigenvalue weighted by Gasteiger charge is -2.38. The molecule has 2 fully saturated rings. The molecule has 9 nitrogen and oxygen atoms in total. The second-order valence-electron chi connectivity index (χ2n) is 9.94. The maximum Gasteiger partial charge on any atom is 0.416 e. The number of carbonyl (C=O) groups excluding carboxylic acids is 1. The molecule has 1 aromatic heterocycles. The topological polar surface area (TPSA) is 89.1 Å². The number of benzene rings is 1.